The second kappa shape index (κ2) is 6.35. The predicted octanol–water partition coefficient (Wildman–Crippen LogP) is 3.31. The number of rotatable bonds is 3. The maximum atomic E-state index is 8.71. The lowest BCUT2D eigenvalue weighted by molar-refractivity contribution is 0.311. The number of hydrogen-bond donors (Lipinski definition) is 2. The summed E-state index contributed by atoms with van der Waals surface area (Å²) in [4.78, 5) is 2.35. The molecule has 0 radical (unpaired) electrons. The van der Waals surface area contributed by atoms with Gasteiger partial charge in [-0.1, -0.05) is 30.6 Å². The summed E-state index contributed by atoms with van der Waals surface area (Å²) in [5.74, 6) is 1.61. The van der Waals surface area contributed by atoms with Gasteiger partial charge in [-0.15, -0.1) is 0 Å². The van der Waals surface area contributed by atoms with E-state index < -0.39 is 0 Å². The summed E-state index contributed by atoms with van der Waals surface area (Å²) >= 11 is 6.20. The van der Waals surface area contributed by atoms with Crippen molar-refractivity contribution in [3.63, 3.8) is 0 Å². The molecule has 1 aliphatic heterocycles. The summed E-state index contributed by atoms with van der Waals surface area (Å²) in [6.07, 6.45) is 2.44. The highest BCUT2D eigenvalue weighted by molar-refractivity contribution is 6.34. The van der Waals surface area contributed by atoms with Crippen LogP contribution in [0.15, 0.2) is 23.4 Å². The highest BCUT2D eigenvalue weighted by Gasteiger charge is 2.22. The summed E-state index contributed by atoms with van der Waals surface area (Å²) in [6.45, 7) is 6.70. The molecule has 1 aromatic rings. The third-order valence-electron chi connectivity index (χ3n) is 4.18. The van der Waals surface area contributed by atoms with E-state index in [9.17, 15) is 0 Å². The number of amidine groups is 1. The Morgan fingerprint density at radius 2 is 2.05 bits per heavy atom. The number of halogens is 1. The molecule has 0 saturated carbocycles. The maximum absolute atomic E-state index is 8.71. The molecule has 0 amide bonds. The molecule has 20 heavy (non-hydrogen) atoms. The average Bonchev–Trinajstić information content (AvgIpc) is 2.46. The Kier molecular flexibility index (Phi) is 4.76. The van der Waals surface area contributed by atoms with E-state index in [1.165, 1.54) is 12.8 Å². The molecule has 5 heteroatoms. The van der Waals surface area contributed by atoms with E-state index in [-0.39, 0.29) is 5.84 Å². The minimum absolute atomic E-state index is 0.0417. The number of benzene rings is 1. The molecule has 2 rings (SSSR count). The molecule has 1 aliphatic rings. The van der Waals surface area contributed by atoms with Gasteiger partial charge < -0.3 is 15.8 Å². The highest BCUT2D eigenvalue weighted by Crippen LogP contribution is 2.30. The van der Waals surface area contributed by atoms with Crippen molar-refractivity contribution in [1.82, 2.24) is 0 Å². The van der Waals surface area contributed by atoms with E-state index in [1.807, 2.05) is 12.1 Å². The van der Waals surface area contributed by atoms with Gasteiger partial charge in [-0.25, -0.2) is 0 Å². The van der Waals surface area contributed by atoms with Crippen molar-refractivity contribution < 1.29 is 5.21 Å². The quantitative estimate of drug-likeness (QED) is 0.389. The van der Waals surface area contributed by atoms with Gasteiger partial charge in [-0.05, 0) is 42.9 Å². The zero-order chi connectivity index (χ0) is 14.7. The van der Waals surface area contributed by atoms with Crippen molar-refractivity contribution in [1.29, 1.82) is 0 Å². The van der Waals surface area contributed by atoms with Crippen LogP contribution in [0.2, 0.25) is 5.02 Å². The van der Waals surface area contributed by atoms with Gasteiger partial charge in [0.1, 0.15) is 0 Å². The fourth-order valence-electron chi connectivity index (χ4n) is 2.79. The van der Waals surface area contributed by atoms with Gasteiger partial charge in [0.2, 0.25) is 0 Å². The molecule has 3 N–H and O–H groups in total. The van der Waals surface area contributed by atoms with E-state index >= 15 is 0 Å². The molecule has 1 fully saturated rings. The van der Waals surface area contributed by atoms with E-state index in [0.29, 0.717) is 10.6 Å². The summed E-state index contributed by atoms with van der Waals surface area (Å²) < 4.78 is 0. The Bertz CT molecular complexity index is 494. The average molecular weight is 296 g/mol. The number of anilines is 1. The Morgan fingerprint density at radius 3 is 2.55 bits per heavy atom. The normalized spacial score (nSPS) is 17.8. The van der Waals surface area contributed by atoms with E-state index in [0.717, 1.165) is 30.6 Å². The Balaban J connectivity index is 2.10. The zero-order valence-electron chi connectivity index (χ0n) is 12.0. The molecule has 0 aromatic heterocycles. The maximum Gasteiger partial charge on any atom is 0.171 e. The molecule has 0 bridgehead atoms. The number of oxime groups is 1. The summed E-state index contributed by atoms with van der Waals surface area (Å²) in [5.41, 5.74) is 7.25. The Morgan fingerprint density at radius 1 is 1.40 bits per heavy atom. The molecular formula is C15H22ClN3O. The molecule has 1 saturated heterocycles. The van der Waals surface area contributed by atoms with Crippen LogP contribution in [-0.2, 0) is 0 Å². The van der Waals surface area contributed by atoms with Crippen LogP contribution in [0, 0.1) is 11.8 Å². The zero-order valence-corrected chi connectivity index (χ0v) is 12.8. The fourth-order valence-corrected chi connectivity index (χ4v) is 3.06. The topological polar surface area (TPSA) is 61.8 Å². The third kappa shape index (κ3) is 3.18. The molecule has 0 spiro atoms. The van der Waals surface area contributed by atoms with E-state index in [4.69, 9.17) is 22.5 Å². The molecule has 1 aromatic carbocycles. The molecule has 0 aliphatic carbocycles. The summed E-state index contributed by atoms with van der Waals surface area (Å²) in [6, 6.07) is 5.68. The lowest BCUT2D eigenvalue weighted by Crippen LogP contribution is -2.35. The van der Waals surface area contributed by atoms with Crippen molar-refractivity contribution in [3.8, 4) is 0 Å². The lowest BCUT2D eigenvalue weighted by Gasteiger charge is -2.35. The number of hydrogen-bond acceptors (Lipinski definition) is 3. The van der Waals surface area contributed by atoms with Crippen molar-refractivity contribution in [2.24, 2.45) is 22.7 Å². The third-order valence-corrected chi connectivity index (χ3v) is 4.50. The van der Waals surface area contributed by atoms with Crippen molar-refractivity contribution >= 4 is 23.1 Å². The van der Waals surface area contributed by atoms with Crippen molar-refractivity contribution in [2.75, 3.05) is 18.0 Å². The van der Waals surface area contributed by atoms with Gasteiger partial charge >= 0.3 is 0 Å². The minimum Gasteiger partial charge on any atom is -0.409 e. The second-order valence-electron chi connectivity index (χ2n) is 5.72. The van der Waals surface area contributed by atoms with Crippen LogP contribution in [-0.4, -0.2) is 24.1 Å². The first-order chi connectivity index (χ1) is 9.52. The Labute approximate surface area is 125 Å². The lowest BCUT2D eigenvalue weighted by atomic mass is 9.86. The standard InChI is InChI=1S/C15H22ClN3O/c1-10(2)11-5-7-19(8-6-11)12-3-4-13(14(16)9-12)15(17)18-20/h3-4,9-11,20H,5-8H2,1-2H3,(H2,17,18). The highest BCUT2D eigenvalue weighted by atomic mass is 35.5. The van der Waals surface area contributed by atoms with Gasteiger partial charge in [0.05, 0.1) is 5.02 Å². The first-order valence-corrected chi connectivity index (χ1v) is 7.43. The molecule has 0 atom stereocenters. The monoisotopic (exact) mass is 295 g/mol. The fraction of sp³-hybridized carbons (Fsp3) is 0.533. The smallest absolute Gasteiger partial charge is 0.171 e. The molecular weight excluding hydrogens is 274 g/mol. The number of piperidine rings is 1. The van der Waals surface area contributed by atoms with Gasteiger partial charge in [0.25, 0.3) is 0 Å². The SMILES string of the molecule is CC(C)C1CCN(c2ccc(/C(N)=N/O)c(Cl)c2)CC1. The number of nitrogens with zero attached hydrogens (tertiary/aromatic N) is 2. The van der Waals surface area contributed by atoms with Crippen LogP contribution in [0.1, 0.15) is 32.3 Å². The molecule has 1 heterocycles. The van der Waals surface area contributed by atoms with Crippen LogP contribution in [0.3, 0.4) is 0 Å². The molecule has 0 unspecified atom stereocenters. The van der Waals surface area contributed by atoms with Crippen LogP contribution in [0.4, 0.5) is 5.69 Å². The van der Waals surface area contributed by atoms with Gasteiger partial charge in [-0.3, -0.25) is 0 Å². The first kappa shape index (κ1) is 15.0. The van der Waals surface area contributed by atoms with Crippen LogP contribution < -0.4 is 10.6 Å². The largest absolute Gasteiger partial charge is 0.409 e. The van der Waals surface area contributed by atoms with Crippen molar-refractivity contribution in [3.05, 3.63) is 28.8 Å². The molecule has 110 valence electrons. The van der Waals surface area contributed by atoms with E-state index in [2.05, 4.69) is 23.9 Å². The van der Waals surface area contributed by atoms with Crippen LogP contribution in [0.5, 0.6) is 0 Å². The van der Waals surface area contributed by atoms with Crippen LogP contribution in [0.25, 0.3) is 0 Å². The van der Waals surface area contributed by atoms with Crippen LogP contribution >= 0.6 is 11.6 Å². The Hall–Kier alpha value is -1.42. The first-order valence-electron chi connectivity index (χ1n) is 7.05. The summed E-state index contributed by atoms with van der Waals surface area (Å²) in [5, 5.41) is 12.2. The van der Waals surface area contributed by atoms with Gasteiger partial charge in [-0.2, -0.15) is 0 Å². The number of nitrogens with two attached hydrogens (primary N) is 1. The van der Waals surface area contributed by atoms with E-state index in [1.54, 1.807) is 6.07 Å². The van der Waals surface area contributed by atoms with Gasteiger partial charge in [0.15, 0.2) is 5.84 Å². The second-order valence-corrected chi connectivity index (χ2v) is 6.13. The van der Waals surface area contributed by atoms with Crippen molar-refractivity contribution in [2.45, 2.75) is 26.7 Å². The molecule has 4 nitrogen and oxygen atoms in total. The minimum atomic E-state index is 0.0417. The van der Waals surface area contributed by atoms with Gasteiger partial charge in [0, 0.05) is 24.3 Å². The summed E-state index contributed by atoms with van der Waals surface area (Å²) in [7, 11) is 0. The predicted molar refractivity (Wildman–Crippen MR) is 83.7 cm³/mol.